The standard InChI is InChI=1S/C24H25N5O.ClH/c1-4-18-6-5-7-19(12-18)14-25-24-11-9-21(27-28-24)20-8-10-22(23(13-20)30-3)29-15-17(2)26-16-29;/h5-13,15-16H,4,14H2,1-3H3,(H,25,28);1H. The van der Waals surface area contributed by atoms with Crippen molar-refractivity contribution in [1.82, 2.24) is 19.7 Å². The summed E-state index contributed by atoms with van der Waals surface area (Å²) in [5.41, 5.74) is 6.19. The number of aromatic nitrogens is 4. The largest absolute Gasteiger partial charge is 0.495 e. The highest BCUT2D eigenvalue weighted by atomic mass is 35.5. The molecule has 4 aromatic rings. The summed E-state index contributed by atoms with van der Waals surface area (Å²) < 4.78 is 7.54. The number of nitrogens with one attached hydrogen (secondary N) is 1. The SMILES string of the molecule is CCc1cccc(CNc2ccc(-c3ccc(-n4cnc(C)c4)c(OC)c3)nn2)c1.Cl. The maximum atomic E-state index is 5.59. The van der Waals surface area contributed by atoms with Gasteiger partial charge in [0.1, 0.15) is 11.6 Å². The smallest absolute Gasteiger partial charge is 0.148 e. The van der Waals surface area contributed by atoms with Crippen molar-refractivity contribution >= 4 is 18.2 Å². The van der Waals surface area contributed by atoms with E-state index in [-0.39, 0.29) is 12.4 Å². The monoisotopic (exact) mass is 435 g/mol. The minimum absolute atomic E-state index is 0. The van der Waals surface area contributed by atoms with Gasteiger partial charge >= 0.3 is 0 Å². The molecule has 2 aromatic carbocycles. The van der Waals surface area contributed by atoms with Crippen LogP contribution in [0.4, 0.5) is 5.82 Å². The number of anilines is 1. The van der Waals surface area contributed by atoms with E-state index in [4.69, 9.17) is 4.74 Å². The molecule has 0 unspecified atom stereocenters. The van der Waals surface area contributed by atoms with E-state index >= 15 is 0 Å². The second-order valence-corrected chi connectivity index (χ2v) is 7.14. The van der Waals surface area contributed by atoms with Gasteiger partial charge in [0.05, 0.1) is 30.5 Å². The summed E-state index contributed by atoms with van der Waals surface area (Å²) in [6, 6.07) is 18.5. The molecular formula is C24H26ClN5O. The maximum Gasteiger partial charge on any atom is 0.148 e. The molecule has 0 spiro atoms. The Labute approximate surface area is 188 Å². The van der Waals surface area contributed by atoms with Crippen LogP contribution in [0, 0.1) is 6.92 Å². The molecule has 2 aromatic heterocycles. The number of benzene rings is 2. The Morgan fingerprint density at radius 1 is 1.00 bits per heavy atom. The van der Waals surface area contributed by atoms with Crippen LogP contribution in [0.25, 0.3) is 16.9 Å². The fraction of sp³-hybridized carbons (Fsp3) is 0.208. The number of aryl methyl sites for hydroxylation is 2. The summed E-state index contributed by atoms with van der Waals surface area (Å²) in [5.74, 6) is 1.50. The maximum absolute atomic E-state index is 5.59. The number of hydrogen-bond donors (Lipinski definition) is 1. The fourth-order valence-corrected chi connectivity index (χ4v) is 3.34. The fourth-order valence-electron chi connectivity index (χ4n) is 3.34. The number of ether oxygens (including phenoxy) is 1. The predicted octanol–water partition coefficient (Wildman–Crippen LogP) is 5.24. The summed E-state index contributed by atoms with van der Waals surface area (Å²) in [6.45, 7) is 4.84. The van der Waals surface area contributed by atoms with Crippen LogP contribution < -0.4 is 10.1 Å². The lowest BCUT2D eigenvalue weighted by atomic mass is 10.1. The minimum Gasteiger partial charge on any atom is -0.495 e. The lowest BCUT2D eigenvalue weighted by Crippen LogP contribution is -2.03. The topological polar surface area (TPSA) is 64.9 Å². The van der Waals surface area contributed by atoms with E-state index < -0.39 is 0 Å². The number of rotatable bonds is 7. The van der Waals surface area contributed by atoms with Gasteiger partial charge in [-0.15, -0.1) is 22.6 Å². The Morgan fingerprint density at radius 2 is 1.84 bits per heavy atom. The molecule has 31 heavy (non-hydrogen) atoms. The van der Waals surface area contributed by atoms with Gasteiger partial charge < -0.3 is 14.6 Å². The molecule has 0 amide bonds. The molecule has 0 aliphatic carbocycles. The molecule has 0 atom stereocenters. The van der Waals surface area contributed by atoms with Gasteiger partial charge in [0.25, 0.3) is 0 Å². The highest BCUT2D eigenvalue weighted by Gasteiger charge is 2.10. The first-order valence-corrected chi connectivity index (χ1v) is 10.0. The summed E-state index contributed by atoms with van der Waals surface area (Å²) >= 11 is 0. The van der Waals surface area contributed by atoms with Crippen LogP contribution in [0.3, 0.4) is 0 Å². The molecule has 0 aliphatic rings. The number of hydrogen-bond acceptors (Lipinski definition) is 5. The molecule has 0 bridgehead atoms. The highest BCUT2D eigenvalue weighted by molar-refractivity contribution is 5.85. The van der Waals surface area contributed by atoms with E-state index in [0.717, 1.165) is 40.6 Å². The van der Waals surface area contributed by atoms with Crippen molar-refractivity contribution in [3.8, 4) is 22.7 Å². The summed E-state index contributed by atoms with van der Waals surface area (Å²) in [4.78, 5) is 4.29. The van der Waals surface area contributed by atoms with Crippen LogP contribution >= 0.6 is 12.4 Å². The van der Waals surface area contributed by atoms with Crippen molar-refractivity contribution < 1.29 is 4.74 Å². The van der Waals surface area contributed by atoms with Gasteiger partial charge in [-0.3, -0.25) is 0 Å². The molecular weight excluding hydrogens is 410 g/mol. The number of imidazole rings is 1. The first-order valence-electron chi connectivity index (χ1n) is 10.0. The third-order valence-corrected chi connectivity index (χ3v) is 5.00. The Balaban J connectivity index is 0.00000272. The van der Waals surface area contributed by atoms with Crippen LogP contribution in [0.1, 0.15) is 23.7 Å². The van der Waals surface area contributed by atoms with Gasteiger partial charge in [-0.05, 0) is 48.7 Å². The Hall–Kier alpha value is -3.38. The van der Waals surface area contributed by atoms with E-state index in [0.29, 0.717) is 6.54 Å². The van der Waals surface area contributed by atoms with Crippen molar-refractivity contribution in [1.29, 1.82) is 0 Å². The Bertz CT molecular complexity index is 1140. The summed E-state index contributed by atoms with van der Waals surface area (Å²) in [6.07, 6.45) is 4.78. The molecule has 0 saturated heterocycles. The van der Waals surface area contributed by atoms with Gasteiger partial charge in [0.2, 0.25) is 0 Å². The zero-order valence-electron chi connectivity index (χ0n) is 17.9. The molecule has 0 fully saturated rings. The highest BCUT2D eigenvalue weighted by Crippen LogP contribution is 2.29. The average Bonchev–Trinajstić information content (AvgIpc) is 3.23. The number of methoxy groups -OCH3 is 1. The normalized spacial score (nSPS) is 10.4. The van der Waals surface area contributed by atoms with Gasteiger partial charge in [-0.1, -0.05) is 37.3 Å². The second kappa shape index (κ2) is 10.1. The van der Waals surface area contributed by atoms with Crippen molar-refractivity contribution in [2.45, 2.75) is 26.8 Å². The predicted molar refractivity (Wildman–Crippen MR) is 126 cm³/mol. The number of halogens is 1. The molecule has 6 nitrogen and oxygen atoms in total. The zero-order valence-corrected chi connectivity index (χ0v) is 18.7. The third-order valence-electron chi connectivity index (χ3n) is 5.00. The van der Waals surface area contributed by atoms with Gasteiger partial charge in [0.15, 0.2) is 0 Å². The van der Waals surface area contributed by atoms with Crippen molar-refractivity contribution in [2.75, 3.05) is 12.4 Å². The van der Waals surface area contributed by atoms with E-state index in [9.17, 15) is 0 Å². The van der Waals surface area contributed by atoms with Crippen molar-refractivity contribution in [3.05, 3.63) is 83.9 Å². The van der Waals surface area contributed by atoms with E-state index in [2.05, 4.69) is 51.7 Å². The van der Waals surface area contributed by atoms with Crippen LogP contribution in [0.15, 0.2) is 67.1 Å². The second-order valence-electron chi connectivity index (χ2n) is 7.14. The van der Waals surface area contributed by atoms with Crippen LogP contribution in [-0.2, 0) is 13.0 Å². The van der Waals surface area contributed by atoms with Crippen LogP contribution in [0.2, 0.25) is 0 Å². The average molecular weight is 436 g/mol. The molecule has 1 N–H and O–H groups in total. The molecule has 2 heterocycles. The van der Waals surface area contributed by atoms with Crippen molar-refractivity contribution in [2.24, 2.45) is 0 Å². The molecule has 4 rings (SSSR count). The molecule has 7 heteroatoms. The first kappa shape index (κ1) is 22.3. The molecule has 0 aliphatic heterocycles. The minimum atomic E-state index is 0. The lowest BCUT2D eigenvalue weighted by Gasteiger charge is -2.11. The summed E-state index contributed by atoms with van der Waals surface area (Å²) in [5, 5.41) is 12.1. The van der Waals surface area contributed by atoms with Gasteiger partial charge in [-0.2, -0.15) is 0 Å². The molecule has 0 radical (unpaired) electrons. The van der Waals surface area contributed by atoms with E-state index in [1.54, 1.807) is 13.4 Å². The quantitative estimate of drug-likeness (QED) is 0.430. The zero-order chi connectivity index (χ0) is 20.9. The van der Waals surface area contributed by atoms with Crippen molar-refractivity contribution in [3.63, 3.8) is 0 Å². The van der Waals surface area contributed by atoms with E-state index in [1.807, 2.05) is 48.0 Å². The number of nitrogens with zero attached hydrogens (tertiary/aromatic N) is 4. The van der Waals surface area contributed by atoms with Crippen LogP contribution in [0.5, 0.6) is 5.75 Å². The Kier molecular flexibility index (Phi) is 7.26. The molecule has 0 saturated carbocycles. The van der Waals surface area contributed by atoms with Gasteiger partial charge in [0, 0.05) is 18.3 Å². The van der Waals surface area contributed by atoms with Crippen LogP contribution in [-0.4, -0.2) is 26.9 Å². The van der Waals surface area contributed by atoms with Gasteiger partial charge in [-0.25, -0.2) is 4.98 Å². The third kappa shape index (κ3) is 5.22. The van der Waals surface area contributed by atoms with E-state index in [1.165, 1.54) is 11.1 Å². The summed E-state index contributed by atoms with van der Waals surface area (Å²) in [7, 11) is 1.67. The Morgan fingerprint density at radius 3 is 2.52 bits per heavy atom. The first-order chi connectivity index (χ1) is 14.7. The molecule has 160 valence electrons. The lowest BCUT2D eigenvalue weighted by molar-refractivity contribution is 0.413.